The molecule has 1 aromatic heterocycles. The van der Waals surface area contributed by atoms with E-state index < -0.39 is 0 Å². The monoisotopic (exact) mass is 221 g/mol. The minimum absolute atomic E-state index is 0.295. The van der Waals surface area contributed by atoms with Crippen LogP contribution in [0.2, 0.25) is 0 Å². The first-order valence-corrected chi connectivity index (χ1v) is 6.57. The van der Waals surface area contributed by atoms with Gasteiger partial charge in [-0.05, 0) is 41.7 Å². The van der Waals surface area contributed by atoms with E-state index in [9.17, 15) is 4.79 Å². The number of Topliss-reactive ketones (excluding diaryl/α,β-unsaturated/α-hetero) is 1. The fourth-order valence-corrected chi connectivity index (χ4v) is 3.57. The highest BCUT2D eigenvalue weighted by molar-refractivity contribution is 7.07. The summed E-state index contributed by atoms with van der Waals surface area (Å²) < 4.78 is 0. The first kappa shape index (κ1) is 9.55. The molecule has 3 atom stereocenters. The molecule has 2 fully saturated rings. The number of fused-ring (bicyclic) bond motifs is 2. The van der Waals surface area contributed by atoms with Crippen LogP contribution in [-0.4, -0.2) is 17.9 Å². The number of carbonyl (C=O) groups excluding carboxylic acids is 1. The quantitative estimate of drug-likeness (QED) is 0.846. The first-order chi connectivity index (χ1) is 7.33. The average molecular weight is 221 g/mol. The molecule has 2 aliphatic heterocycles. The summed E-state index contributed by atoms with van der Waals surface area (Å²) in [5.74, 6) is 0.733. The van der Waals surface area contributed by atoms with Gasteiger partial charge in [-0.15, -0.1) is 0 Å². The Kier molecular flexibility index (Phi) is 2.37. The summed E-state index contributed by atoms with van der Waals surface area (Å²) >= 11 is 1.67. The Bertz CT molecular complexity index is 360. The van der Waals surface area contributed by atoms with Gasteiger partial charge in [-0.1, -0.05) is 0 Å². The van der Waals surface area contributed by atoms with Crippen molar-refractivity contribution in [3.63, 3.8) is 0 Å². The van der Waals surface area contributed by atoms with Crippen LogP contribution in [-0.2, 0) is 11.2 Å². The molecule has 15 heavy (non-hydrogen) atoms. The second-order valence-electron chi connectivity index (χ2n) is 4.66. The Morgan fingerprint density at radius 1 is 1.53 bits per heavy atom. The topological polar surface area (TPSA) is 29.1 Å². The Morgan fingerprint density at radius 3 is 3.07 bits per heavy atom. The molecule has 0 spiro atoms. The van der Waals surface area contributed by atoms with Gasteiger partial charge in [0, 0.05) is 24.4 Å². The van der Waals surface area contributed by atoms with E-state index in [1.54, 1.807) is 11.3 Å². The fraction of sp³-hybridized carbons (Fsp3) is 0.583. The van der Waals surface area contributed by atoms with Gasteiger partial charge in [-0.3, -0.25) is 4.79 Å². The molecule has 2 nitrogen and oxygen atoms in total. The summed E-state index contributed by atoms with van der Waals surface area (Å²) in [5, 5.41) is 7.65. The van der Waals surface area contributed by atoms with E-state index in [4.69, 9.17) is 0 Å². The third-order valence-electron chi connectivity index (χ3n) is 3.67. The van der Waals surface area contributed by atoms with Crippen LogP contribution in [0.25, 0.3) is 0 Å². The van der Waals surface area contributed by atoms with Crippen LogP contribution in [0, 0.1) is 5.92 Å². The highest BCUT2D eigenvalue weighted by atomic mass is 32.1. The molecule has 3 heterocycles. The zero-order valence-electron chi connectivity index (χ0n) is 8.61. The second-order valence-corrected chi connectivity index (χ2v) is 5.44. The summed E-state index contributed by atoms with van der Waals surface area (Å²) in [6.07, 6.45) is 4.18. The van der Waals surface area contributed by atoms with Crippen molar-refractivity contribution < 1.29 is 4.79 Å². The number of thiophene rings is 1. The van der Waals surface area contributed by atoms with Crippen molar-refractivity contribution in [2.45, 2.75) is 37.8 Å². The number of hydrogen-bond donors (Lipinski definition) is 1. The van der Waals surface area contributed by atoms with E-state index in [-0.39, 0.29) is 0 Å². The van der Waals surface area contributed by atoms with Crippen molar-refractivity contribution in [3.05, 3.63) is 22.4 Å². The van der Waals surface area contributed by atoms with Gasteiger partial charge in [0.05, 0.1) is 0 Å². The average Bonchev–Trinajstić information content (AvgIpc) is 2.93. The lowest BCUT2D eigenvalue weighted by Crippen LogP contribution is -2.29. The maximum atomic E-state index is 12.1. The van der Waals surface area contributed by atoms with Crippen LogP contribution >= 0.6 is 11.3 Å². The van der Waals surface area contributed by atoms with Gasteiger partial charge in [0.15, 0.2) is 0 Å². The van der Waals surface area contributed by atoms with E-state index in [1.807, 2.05) is 5.38 Å². The van der Waals surface area contributed by atoms with Crippen LogP contribution in [0.15, 0.2) is 16.8 Å². The van der Waals surface area contributed by atoms with Gasteiger partial charge in [0.2, 0.25) is 0 Å². The molecule has 1 N–H and O–H groups in total. The number of ketones is 1. The van der Waals surface area contributed by atoms with E-state index in [0.29, 0.717) is 30.2 Å². The maximum Gasteiger partial charge on any atom is 0.141 e. The lowest BCUT2D eigenvalue weighted by atomic mass is 9.84. The van der Waals surface area contributed by atoms with E-state index in [2.05, 4.69) is 16.8 Å². The summed E-state index contributed by atoms with van der Waals surface area (Å²) in [4.78, 5) is 12.1. The SMILES string of the molecule is O=C(Cc1ccsc1)C1CC2CCC1N2. The molecular formula is C12H15NOS. The number of rotatable bonds is 3. The first-order valence-electron chi connectivity index (χ1n) is 5.63. The normalized spacial score (nSPS) is 33.5. The van der Waals surface area contributed by atoms with Crippen molar-refractivity contribution in [2.24, 2.45) is 5.92 Å². The smallest absolute Gasteiger partial charge is 0.141 e. The Labute approximate surface area is 93.7 Å². The van der Waals surface area contributed by atoms with Crippen LogP contribution in [0.3, 0.4) is 0 Å². The minimum Gasteiger partial charge on any atom is -0.310 e. The second kappa shape index (κ2) is 3.72. The highest BCUT2D eigenvalue weighted by Gasteiger charge is 2.42. The van der Waals surface area contributed by atoms with Gasteiger partial charge < -0.3 is 5.32 Å². The molecule has 0 amide bonds. The predicted octanol–water partition coefficient (Wildman–Crippen LogP) is 2.00. The fourth-order valence-electron chi connectivity index (χ4n) is 2.91. The van der Waals surface area contributed by atoms with Gasteiger partial charge in [0.25, 0.3) is 0 Å². The molecule has 1 aromatic rings. The van der Waals surface area contributed by atoms with Crippen LogP contribution in [0.1, 0.15) is 24.8 Å². The molecule has 0 saturated carbocycles. The van der Waals surface area contributed by atoms with Gasteiger partial charge in [-0.25, -0.2) is 0 Å². The van der Waals surface area contributed by atoms with Crippen molar-refractivity contribution in [1.82, 2.24) is 5.32 Å². The molecule has 2 aliphatic rings. The maximum absolute atomic E-state index is 12.1. The molecule has 0 radical (unpaired) electrons. The van der Waals surface area contributed by atoms with Crippen molar-refractivity contribution >= 4 is 17.1 Å². The van der Waals surface area contributed by atoms with Gasteiger partial charge in [0.1, 0.15) is 5.78 Å². The standard InChI is InChI=1S/C12H15NOS/c14-12(5-8-3-4-15-7-8)10-6-9-1-2-11(10)13-9/h3-4,7,9-11,13H,1-2,5-6H2. The Hall–Kier alpha value is -0.670. The summed E-state index contributed by atoms with van der Waals surface area (Å²) in [5.41, 5.74) is 1.19. The third kappa shape index (κ3) is 1.74. The van der Waals surface area contributed by atoms with Crippen LogP contribution < -0.4 is 5.32 Å². The van der Waals surface area contributed by atoms with E-state index in [1.165, 1.54) is 18.4 Å². The van der Waals surface area contributed by atoms with Crippen LogP contribution in [0.5, 0.6) is 0 Å². The molecule has 2 saturated heterocycles. The van der Waals surface area contributed by atoms with Crippen molar-refractivity contribution in [2.75, 3.05) is 0 Å². The zero-order valence-corrected chi connectivity index (χ0v) is 9.43. The molecular weight excluding hydrogens is 206 g/mol. The minimum atomic E-state index is 0.295. The molecule has 80 valence electrons. The largest absolute Gasteiger partial charge is 0.310 e. The van der Waals surface area contributed by atoms with Gasteiger partial charge >= 0.3 is 0 Å². The molecule has 3 heteroatoms. The molecule has 2 bridgehead atoms. The predicted molar refractivity (Wildman–Crippen MR) is 61.1 cm³/mol. The van der Waals surface area contributed by atoms with Crippen molar-refractivity contribution in [3.8, 4) is 0 Å². The highest BCUT2D eigenvalue weighted by Crippen LogP contribution is 2.34. The molecule has 0 aromatic carbocycles. The number of hydrogen-bond acceptors (Lipinski definition) is 3. The van der Waals surface area contributed by atoms with Gasteiger partial charge in [-0.2, -0.15) is 11.3 Å². The summed E-state index contributed by atoms with van der Waals surface area (Å²) in [6, 6.07) is 3.18. The zero-order chi connectivity index (χ0) is 10.3. The van der Waals surface area contributed by atoms with Crippen molar-refractivity contribution in [1.29, 1.82) is 0 Å². The number of nitrogens with one attached hydrogen (secondary N) is 1. The molecule has 3 unspecified atom stereocenters. The van der Waals surface area contributed by atoms with E-state index in [0.717, 1.165) is 6.42 Å². The molecule has 3 rings (SSSR count). The Morgan fingerprint density at radius 2 is 2.47 bits per heavy atom. The molecule has 0 aliphatic carbocycles. The van der Waals surface area contributed by atoms with E-state index >= 15 is 0 Å². The summed E-state index contributed by atoms with van der Waals surface area (Å²) in [6.45, 7) is 0. The summed E-state index contributed by atoms with van der Waals surface area (Å²) in [7, 11) is 0. The van der Waals surface area contributed by atoms with Crippen LogP contribution in [0.4, 0.5) is 0 Å². The lowest BCUT2D eigenvalue weighted by molar-refractivity contribution is -0.122. The third-order valence-corrected chi connectivity index (χ3v) is 4.40. The lowest BCUT2D eigenvalue weighted by Gasteiger charge is -2.18. The Balaban J connectivity index is 1.66. The number of carbonyl (C=O) groups is 1.